The van der Waals surface area contributed by atoms with Crippen molar-refractivity contribution in [1.82, 2.24) is 0 Å². The zero-order valence-corrected chi connectivity index (χ0v) is 9.74. The fraction of sp³-hybridized carbons (Fsp3) is 0.667. The van der Waals surface area contributed by atoms with Crippen molar-refractivity contribution in [3.05, 3.63) is 22.8 Å². The molecule has 0 amide bonds. The summed E-state index contributed by atoms with van der Waals surface area (Å²) < 4.78 is 0. The highest BCUT2D eigenvalue weighted by Crippen LogP contribution is 2.40. The second-order valence-corrected chi connectivity index (χ2v) is 4.72. The summed E-state index contributed by atoms with van der Waals surface area (Å²) in [6.07, 6.45) is 10.3. The molecule has 0 bridgehead atoms. The summed E-state index contributed by atoms with van der Waals surface area (Å²) in [5.41, 5.74) is 1.64. The molecule has 0 saturated carbocycles. The largest absolute Gasteiger partial charge is 0.0654 e. The third-order valence-corrected chi connectivity index (χ3v) is 3.56. The standard InChI is InChI=1S/C12H20P/c1-3-5-7-11-9-10-13-12(11)8-6-4-2/h9-10H,3-8H2,1-2H3. The van der Waals surface area contributed by atoms with E-state index < -0.39 is 0 Å². The van der Waals surface area contributed by atoms with Gasteiger partial charge in [0.2, 0.25) is 0 Å². The van der Waals surface area contributed by atoms with Crippen LogP contribution in [-0.2, 0) is 0 Å². The predicted octanol–water partition coefficient (Wildman–Crippen LogP) is 5.09. The minimum Gasteiger partial charge on any atom is -0.0654 e. The van der Waals surface area contributed by atoms with E-state index >= 15 is 0 Å². The molecule has 0 aromatic rings. The van der Waals surface area contributed by atoms with Gasteiger partial charge in [0.1, 0.15) is 0 Å². The van der Waals surface area contributed by atoms with Gasteiger partial charge in [-0.25, -0.2) is 0 Å². The van der Waals surface area contributed by atoms with Crippen LogP contribution in [0.4, 0.5) is 0 Å². The van der Waals surface area contributed by atoms with E-state index in [0.29, 0.717) is 0 Å². The maximum atomic E-state index is 2.34. The first-order chi connectivity index (χ1) is 6.38. The van der Waals surface area contributed by atoms with Gasteiger partial charge in [-0.05, 0) is 45.2 Å². The Kier molecular flexibility index (Phi) is 5.39. The van der Waals surface area contributed by atoms with Crippen LogP contribution in [0.1, 0.15) is 52.4 Å². The summed E-state index contributed by atoms with van der Waals surface area (Å²) in [6.45, 7) is 4.54. The van der Waals surface area contributed by atoms with E-state index in [9.17, 15) is 0 Å². The fourth-order valence-electron chi connectivity index (χ4n) is 1.56. The molecule has 0 aliphatic carbocycles. The molecule has 0 atom stereocenters. The highest BCUT2D eigenvalue weighted by Gasteiger charge is 2.08. The first-order valence-corrected chi connectivity index (χ1v) is 6.44. The van der Waals surface area contributed by atoms with Crippen LogP contribution in [0.3, 0.4) is 0 Å². The lowest BCUT2D eigenvalue weighted by atomic mass is 10.1. The van der Waals surface area contributed by atoms with Crippen molar-refractivity contribution in [2.45, 2.75) is 52.4 Å². The predicted molar refractivity (Wildman–Crippen MR) is 62.1 cm³/mol. The van der Waals surface area contributed by atoms with Crippen LogP contribution in [0.2, 0.25) is 0 Å². The Morgan fingerprint density at radius 2 is 1.77 bits per heavy atom. The van der Waals surface area contributed by atoms with Crippen molar-refractivity contribution in [2.24, 2.45) is 0 Å². The number of allylic oxidation sites excluding steroid dienone is 3. The third-order valence-electron chi connectivity index (χ3n) is 2.44. The van der Waals surface area contributed by atoms with Crippen molar-refractivity contribution in [1.29, 1.82) is 0 Å². The molecule has 1 heteroatoms. The van der Waals surface area contributed by atoms with Gasteiger partial charge in [0, 0.05) is 0 Å². The molecule has 1 radical (unpaired) electrons. The number of unbranched alkanes of at least 4 members (excludes halogenated alkanes) is 2. The molecule has 0 saturated heterocycles. The highest BCUT2D eigenvalue weighted by molar-refractivity contribution is 7.47. The maximum absolute atomic E-state index is 2.34. The molecule has 0 aromatic carbocycles. The molecule has 0 spiro atoms. The van der Waals surface area contributed by atoms with Gasteiger partial charge in [-0.15, -0.1) is 0 Å². The van der Waals surface area contributed by atoms with Gasteiger partial charge in [0.25, 0.3) is 0 Å². The van der Waals surface area contributed by atoms with Crippen molar-refractivity contribution in [2.75, 3.05) is 0 Å². The molecular formula is C12H20P. The average molecular weight is 195 g/mol. The molecule has 1 aliphatic rings. The molecule has 1 rings (SSSR count). The quantitative estimate of drug-likeness (QED) is 0.517. The van der Waals surface area contributed by atoms with E-state index in [1.54, 1.807) is 10.9 Å². The van der Waals surface area contributed by atoms with Crippen LogP contribution in [0.5, 0.6) is 0 Å². The monoisotopic (exact) mass is 195 g/mol. The number of hydrogen-bond acceptors (Lipinski definition) is 0. The number of hydrogen-bond donors (Lipinski definition) is 0. The van der Waals surface area contributed by atoms with Gasteiger partial charge < -0.3 is 0 Å². The Labute approximate surface area is 84.3 Å². The van der Waals surface area contributed by atoms with Crippen LogP contribution in [0, 0.1) is 0 Å². The van der Waals surface area contributed by atoms with Crippen LogP contribution in [-0.4, -0.2) is 0 Å². The molecule has 0 nitrogen and oxygen atoms in total. The Morgan fingerprint density at radius 3 is 2.46 bits per heavy atom. The minimum absolute atomic E-state index is 1.30. The summed E-state index contributed by atoms with van der Waals surface area (Å²) in [7, 11) is 1.47. The van der Waals surface area contributed by atoms with Gasteiger partial charge in [0.05, 0.1) is 0 Å². The molecule has 0 unspecified atom stereocenters. The van der Waals surface area contributed by atoms with E-state index in [0.717, 1.165) is 0 Å². The summed E-state index contributed by atoms with van der Waals surface area (Å²) >= 11 is 0. The Morgan fingerprint density at radius 1 is 1.08 bits per heavy atom. The molecule has 73 valence electrons. The summed E-state index contributed by atoms with van der Waals surface area (Å²) in [6, 6.07) is 0. The Balaban J connectivity index is 2.39. The van der Waals surface area contributed by atoms with Crippen molar-refractivity contribution in [3.63, 3.8) is 0 Å². The van der Waals surface area contributed by atoms with Crippen LogP contribution < -0.4 is 0 Å². The van der Waals surface area contributed by atoms with E-state index in [4.69, 9.17) is 0 Å². The normalized spacial score (nSPS) is 17.7. The van der Waals surface area contributed by atoms with Gasteiger partial charge in [-0.3, -0.25) is 0 Å². The molecule has 0 fully saturated rings. The first-order valence-electron chi connectivity index (χ1n) is 5.48. The van der Waals surface area contributed by atoms with Crippen molar-refractivity contribution < 1.29 is 0 Å². The van der Waals surface area contributed by atoms with Gasteiger partial charge in [0.15, 0.2) is 0 Å². The Hall–Kier alpha value is -0.0900. The van der Waals surface area contributed by atoms with Crippen LogP contribution >= 0.6 is 8.58 Å². The summed E-state index contributed by atoms with van der Waals surface area (Å²) in [5, 5.41) is 1.69. The topological polar surface area (TPSA) is 0 Å². The second kappa shape index (κ2) is 6.38. The summed E-state index contributed by atoms with van der Waals surface area (Å²) in [5.74, 6) is 2.30. The average Bonchev–Trinajstić information content (AvgIpc) is 2.59. The third kappa shape index (κ3) is 3.65. The lowest BCUT2D eigenvalue weighted by Crippen LogP contribution is -1.83. The fourth-order valence-corrected chi connectivity index (χ4v) is 2.63. The van der Waals surface area contributed by atoms with E-state index in [1.807, 2.05) is 0 Å². The SMILES string of the molecule is CCCCC1=C(CCCC)[P]C=C1. The molecule has 0 N–H and O–H groups in total. The van der Waals surface area contributed by atoms with Gasteiger partial charge >= 0.3 is 0 Å². The van der Waals surface area contributed by atoms with Crippen LogP contribution in [0.15, 0.2) is 22.8 Å². The lowest BCUT2D eigenvalue weighted by molar-refractivity contribution is 0.774. The van der Waals surface area contributed by atoms with E-state index in [1.165, 1.54) is 47.1 Å². The smallest absolute Gasteiger partial charge is 0.0222 e. The summed E-state index contributed by atoms with van der Waals surface area (Å²) in [4.78, 5) is 0. The first kappa shape index (κ1) is 11.0. The highest BCUT2D eigenvalue weighted by atomic mass is 31.1. The molecule has 0 aromatic heterocycles. The zero-order chi connectivity index (χ0) is 9.52. The van der Waals surface area contributed by atoms with Gasteiger partial charge in [-0.2, -0.15) is 0 Å². The number of rotatable bonds is 6. The molecular weight excluding hydrogens is 175 g/mol. The lowest BCUT2D eigenvalue weighted by Gasteiger charge is -2.04. The van der Waals surface area contributed by atoms with E-state index in [-0.39, 0.29) is 0 Å². The van der Waals surface area contributed by atoms with Crippen molar-refractivity contribution >= 4 is 8.58 Å². The second-order valence-electron chi connectivity index (χ2n) is 3.62. The molecule has 1 aliphatic heterocycles. The Bertz CT molecular complexity index is 201. The maximum Gasteiger partial charge on any atom is -0.0222 e. The molecule has 13 heavy (non-hydrogen) atoms. The van der Waals surface area contributed by atoms with Crippen molar-refractivity contribution in [3.8, 4) is 0 Å². The van der Waals surface area contributed by atoms with E-state index in [2.05, 4.69) is 25.7 Å². The zero-order valence-electron chi connectivity index (χ0n) is 8.84. The molecule has 1 heterocycles. The van der Waals surface area contributed by atoms with Gasteiger partial charge in [-0.1, -0.05) is 38.6 Å². The minimum atomic E-state index is 1.30. The van der Waals surface area contributed by atoms with Crippen LogP contribution in [0.25, 0.3) is 0 Å².